The smallest absolute Gasteiger partial charge is 0.278 e. The minimum Gasteiger partial charge on any atom is -0.298 e. The van der Waals surface area contributed by atoms with Crippen molar-refractivity contribution in [2.24, 2.45) is 0 Å². The van der Waals surface area contributed by atoms with Crippen molar-refractivity contribution in [2.75, 3.05) is 0 Å². The first kappa shape index (κ1) is 14.5. The van der Waals surface area contributed by atoms with Crippen molar-refractivity contribution in [3.8, 4) is 11.3 Å². The molecular weight excluding hydrogens is 294 g/mol. The lowest BCUT2D eigenvalue weighted by atomic mass is 10.2. The van der Waals surface area contributed by atoms with E-state index in [9.17, 15) is 4.79 Å². The molecule has 0 saturated carbocycles. The molecule has 1 aromatic heterocycles. The van der Waals surface area contributed by atoms with Crippen LogP contribution in [0.3, 0.4) is 0 Å². The van der Waals surface area contributed by atoms with Crippen LogP contribution in [0.5, 0.6) is 0 Å². The molecule has 110 valence electrons. The summed E-state index contributed by atoms with van der Waals surface area (Å²) in [5.74, 6) is 0.746. The van der Waals surface area contributed by atoms with Gasteiger partial charge in [-0.05, 0) is 12.5 Å². The largest absolute Gasteiger partial charge is 0.298 e. The van der Waals surface area contributed by atoms with Gasteiger partial charge in [0, 0.05) is 11.3 Å². The van der Waals surface area contributed by atoms with Gasteiger partial charge < -0.3 is 0 Å². The van der Waals surface area contributed by atoms with Crippen molar-refractivity contribution in [3.63, 3.8) is 0 Å². The molecular formula is C17H15N3OS. The van der Waals surface area contributed by atoms with Gasteiger partial charge in [-0.25, -0.2) is 0 Å². The highest BCUT2D eigenvalue weighted by atomic mass is 32.2. The zero-order chi connectivity index (χ0) is 15.4. The van der Waals surface area contributed by atoms with Gasteiger partial charge in [0.15, 0.2) is 10.9 Å². The van der Waals surface area contributed by atoms with Gasteiger partial charge in [0.2, 0.25) is 0 Å². The second kappa shape index (κ2) is 6.58. The van der Waals surface area contributed by atoms with Crippen LogP contribution in [0.1, 0.15) is 11.1 Å². The number of hydrogen-bond donors (Lipinski definition) is 1. The van der Waals surface area contributed by atoms with E-state index in [1.807, 2.05) is 30.3 Å². The maximum atomic E-state index is 12.1. The molecule has 0 saturated heterocycles. The topological polar surface area (TPSA) is 58.6 Å². The molecule has 1 heterocycles. The highest BCUT2D eigenvalue weighted by Crippen LogP contribution is 2.19. The van der Waals surface area contributed by atoms with Crippen LogP contribution in [0.4, 0.5) is 0 Å². The molecule has 0 radical (unpaired) electrons. The normalized spacial score (nSPS) is 10.6. The molecule has 0 amide bonds. The van der Waals surface area contributed by atoms with E-state index in [1.165, 1.54) is 22.9 Å². The Bertz CT molecular complexity index is 813. The molecule has 3 aromatic rings. The third-order valence-electron chi connectivity index (χ3n) is 3.22. The Kier molecular flexibility index (Phi) is 4.34. The minimum absolute atomic E-state index is 0.215. The van der Waals surface area contributed by atoms with Crippen molar-refractivity contribution < 1.29 is 0 Å². The van der Waals surface area contributed by atoms with Crippen LogP contribution in [0.25, 0.3) is 11.3 Å². The zero-order valence-corrected chi connectivity index (χ0v) is 12.9. The molecule has 22 heavy (non-hydrogen) atoms. The van der Waals surface area contributed by atoms with Crippen molar-refractivity contribution in [1.82, 2.24) is 15.2 Å². The van der Waals surface area contributed by atoms with E-state index in [0.717, 1.165) is 11.3 Å². The third-order valence-corrected chi connectivity index (χ3v) is 4.15. The summed E-state index contributed by atoms with van der Waals surface area (Å²) in [4.78, 5) is 14.9. The van der Waals surface area contributed by atoms with E-state index in [1.54, 1.807) is 0 Å². The molecule has 5 heteroatoms. The maximum absolute atomic E-state index is 12.1. The van der Waals surface area contributed by atoms with Crippen molar-refractivity contribution in [1.29, 1.82) is 0 Å². The van der Waals surface area contributed by atoms with Crippen molar-refractivity contribution in [2.45, 2.75) is 17.8 Å². The van der Waals surface area contributed by atoms with Gasteiger partial charge >= 0.3 is 0 Å². The van der Waals surface area contributed by atoms with E-state index in [4.69, 9.17) is 0 Å². The maximum Gasteiger partial charge on any atom is 0.278 e. The lowest BCUT2D eigenvalue weighted by Crippen LogP contribution is -2.14. The van der Waals surface area contributed by atoms with E-state index < -0.39 is 0 Å². The summed E-state index contributed by atoms with van der Waals surface area (Å²) in [5, 5.41) is 8.70. The second-order valence-electron chi connectivity index (χ2n) is 4.95. The van der Waals surface area contributed by atoms with Crippen LogP contribution in [-0.2, 0) is 5.75 Å². The molecule has 0 aliphatic carbocycles. The van der Waals surface area contributed by atoms with Gasteiger partial charge in [0.1, 0.15) is 0 Å². The van der Waals surface area contributed by atoms with Crippen LogP contribution in [-0.4, -0.2) is 15.2 Å². The van der Waals surface area contributed by atoms with Crippen LogP contribution < -0.4 is 5.56 Å². The Morgan fingerprint density at radius 3 is 2.41 bits per heavy atom. The quantitative estimate of drug-likeness (QED) is 0.750. The average Bonchev–Trinajstić information content (AvgIpc) is 2.55. The number of rotatable bonds is 4. The van der Waals surface area contributed by atoms with E-state index in [2.05, 4.69) is 46.4 Å². The average molecular weight is 309 g/mol. The third kappa shape index (κ3) is 3.43. The van der Waals surface area contributed by atoms with E-state index >= 15 is 0 Å². The number of hydrogen-bond acceptors (Lipinski definition) is 4. The molecule has 0 aliphatic rings. The molecule has 1 N–H and O–H groups in total. The first-order valence-corrected chi connectivity index (χ1v) is 7.92. The number of H-pyrrole nitrogens is 1. The van der Waals surface area contributed by atoms with Crippen LogP contribution in [0, 0.1) is 6.92 Å². The first-order chi connectivity index (χ1) is 10.7. The van der Waals surface area contributed by atoms with Gasteiger partial charge in [0.05, 0.1) is 0 Å². The predicted octanol–water partition coefficient (Wildman–Crippen LogP) is 3.43. The molecule has 3 rings (SSSR count). The van der Waals surface area contributed by atoms with Crippen molar-refractivity contribution in [3.05, 3.63) is 76.1 Å². The summed E-state index contributed by atoms with van der Waals surface area (Å²) in [6.45, 7) is 2.06. The zero-order valence-electron chi connectivity index (χ0n) is 12.1. The molecule has 0 unspecified atom stereocenters. The molecule has 4 nitrogen and oxygen atoms in total. The Labute approximate surface area is 132 Å². The predicted molar refractivity (Wildman–Crippen MR) is 88.8 cm³/mol. The first-order valence-electron chi connectivity index (χ1n) is 6.93. The number of thioether (sulfide) groups is 1. The standard InChI is InChI=1S/C17H15N3OS/c1-12-7-9-13(10-8-12)11-22-17-18-16(21)15(19-20-17)14-5-3-2-4-6-14/h2-10H,11H2,1H3,(H,18,20,21). The number of benzene rings is 2. The Balaban J connectivity index is 1.75. The molecule has 0 atom stereocenters. The molecule has 0 spiro atoms. The second-order valence-corrected chi connectivity index (χ2v) is 5.91. The monoisotopic (exact) mass is 309 g/mol. The summed E-state index contributed by atoms with van der Waals surface area (Å²) in [5.41, 5.74) is 3.32. The summed E-state index contributed by atoms with van der Waals surface area (Å²) in [6.07, 6.45) is 0. The summed E-state index contributed by atoms with van der Waals surface area (Å²) in [6, 6.07) is 17.6. The van der Waals surface area contributed by atoms with E-state index in [-0.39, 0.29) is 5.56 Å². The summed E-state index contributed by atoms with van der Waals surface area (Å²) in [7, 11) is 0. The van der Waals surface area contributed by atoms with Gasteiger partial charge in [0.25, 0.3) is 5.56 Å². The Hall–Kier alpha value is -2.40. The van der Waals surface area contributed by atoms with Gasteiger partial charge in [-0.3, -0.25) is 9.78 Å². The molecule has 0 aliphatic heterocycles. The molecule has 0 bridgehead atoms. The number of nitrogens with one attached hydrogen (secondary N) is 1. The summed E-state index contributed by atoms with van der Waals surface area (Å²) >= 11 is 1.47. The van der Waals surface area contributed by atoms with Crippen LogP contribution >= 0.6 is 11.8 Å². The van der Waals surface area contributed by atoms with Crippen LogP contribution in [0.15, 0.2) is 64.5 Å². The lowest BCUT2D eigenvalue weighted by Gasteiger charge is -2.03. The number of aromatic amines is 1. The van der Waals surface area contributed by atoms with Gasteiger partial charge in [-0.15, -0.1) is 10.2 Å². The van der Waals surface area contributed by atoms with Gasteiger partial charge in [-0.1, -0.05) is 71.9 Å². The number of aromatic nitrogens is 3. The molecule has 2 aromatic carbocycles. The van der Waals surface area contributed by atoms with Gasteiger partial charge in [-0.2, -0.15) is 0 Å². The highest BCUT2D eigenvalue weighted by molar-refractivity contribution is 7.98. The number of aryl methyl sites for hydroxylation is 1. The van der Waals surface area contributed by atoms with E-state index in [0.29, 0.717) is 10.9 Å². The fraction of sp³-hybridized carbons (Fsp3) is 0.118. The number of nitrogens with zero attached hydrogens (tertiary/aromatic N) is 2. The lowest BCUT2D eigenvalue weighted by molar-refractivity contribution is 0.824. The fourth-order valence-corrected chi connectivity index (χ4v) is 2.77. The molecule has 0 fully saturated rings. The SMILES string of the molecule is Cc1ccc(CSc2nnc(-c3ccccc3)c(=O)[nH]2)cc1. The van der Waals surface area contributed by atoms with Crippen molar-refractivity contribution >= 4 is 11.8 Å². The minimum atomic E-state index is -0.215. The Morgan fingerprint density at radius 2 is 1.73 bits per heavy atom. The Morgan fingerprint density at radius 1 is 1.00 bits per heavy atom. The highest BCUT2D eigenvalue weighted by Gasteiger charge is 2.07. The van der Waals surface area contributed by atoms with Crippen LogP contribution in [0.2, 0.25) is 0 Å². The summed E-state index contributed by atoms with van der Waals surface area (Å²) < 4.78 is 0. The fourth-order valence-electron chi connectivity index (χ4n) is 2.01.